The van der Waals surface area contributed by atoms with E-state index in [1.54, 1.807) is 37.3 Å². The van der Waals surface area contributed by atoms with Crippen LogP contribution < -0.4 is 0 Å². The number of ketones is 1. The summed E-state index contributed by atoms with van der Waals surface area (Å²) < 4.78 is 34.2. The number of sulfone groups is 1. The summed E-state index contributed by atoms with van der Waals surface area (Å²) in [5.74, 6) is -0.594. The molecule has 0 amide bonds. The summed E-state index contributed by atoms with van der Waals surface area (Å²) in [5.41, 5.74) is 2.88. The molecule has 3 atom stereocenters. The van der Waals surface area contributed by atoms with Gasteiger partial charge in [0, 0.05) is 5.92 Å². The highest BCUT2D eigenvalue weighted by atomic mass is 32.2. The van der Waals surface area contributed by atoms with Gasteiger partial charge in [0.25, 0.3) is 0 Å². The number of carbonyl (C=O) groups is 1. The number of benzene rings is 1. The van der Waals surface area contributed by atoms with E-state index in [0.29, 0.717) is 22.2 Å². The minimum atomic E-state index is -3.78. The maximum atomic E-state index is 13.6. The molecule has 1 fully saturated rings. The predicted molar refractivity (Wildman–Crippen MR) is 124 cm³/mol. The van der Waals surface area contributed by atoms with Crippen LogP contribution in [0.15, 0.2) is 46.4 Å². The SMILES string of the molecule is CC1=C2CC[C@H](O[Si](C(C)C)(C(C)C)C(C)C)[C@@H]2[C@@H](S(=O)(=O)c2ccccc2)C1=O. The highest BCUT2D eigenvalue weighted by Crippen LogP contribution is 2.51. The molecule has 3 rings (SSSR count). The van der Waals surface area contributed by atoms with Crippen molar-refractivity contribution >= 4 is 23.9 Å². The van der Waals surface area contributed by atoms with Crippen LogP contribution in [0.2, 0.25) is 16.6 Å². The summed E-state index contributed by atoms with van der Waals surface area (Å²) in [6.45, 7) is 15.2. The van der Waals surface area contributed by atoms with Gasteiger partial charge in [-0.1, -0.05) is 65.3 Å². The van der Waals surface area contributed by atoms with Crippen molar-refractivity contribution in [2.75, 3.05) is 0 Å². The lowest BCUT2D eigenvalue weighted by atomic mass is 10.0. The second kappa shape index (κ2) is 8.36. The molecule has 0 N–H and O–H groups in total. The van der Waals surface area contributed by atoms with Crippen LogP contribution in [-0.4, -0.2) is 33.9 Å². The zero-order valence-corrected chi connectivity index (χ0v) is 21.1. The molecular weight excluding hydrogens is 412 g/mol. The molecule has 1 aromatic carbocycles. The molecule has 6 heteroatoms. The van der Waals surface area contributed by atoms with Gasteiger partial charge in [0.2, 0.25) is 8.32 Å². The molecule has 2 aliphatic carbocycles. The van der Waals surface area contributed by atoms with Crippen molar-refractivity contribution in [3.63, 3.8) is 0 Å². The lowest BCUT2D eigenvalue weighted by Crippen LogP contribution is -2.52. The summed E-state index contributed by atoms with van der Waals surface area (Å²) >= 11 is 0. The predicted octanol–water partition coefficient (Wildman–Crippen LogP) is 5.70. The Hall–Kier alpha value is -1.24. The minimum Gasteiger partial charge on any atom is -0.412 e. The van der Waals surface area contributed by atoms with E-state index in [-0.39, 0.29) is 22.7 Å². The van der Waals surface area contributed by atoms with E-state index >= 15 is 0 Å². The molecule has 0 radical (unpaired) electrons. The zero-order valence-electron chi connectivity index (χ0n) is 19.3. The van der Waals surface area contributed by atoms with E-state index in [0.717, 1.165) is 18.4 Å². The lowest BCUT2D eigenvalue weighted by Gasteiger charge is -2.45. The second-order valence-corrected chi connectivity index (χ2v) is 17.3. The number of carbonyl (C=O) groups excluding carboxylic acids is 1. The van der Waals surface area contributed by atoms with Crippen LogP contribution in [0.3, 0.4) is 0 Å². The molecule has 1 aromatic rings. The third kappa shape index (κ3) is 3.55. The summed E-state index contributed by atoms with van der Waals surface area (Å²) in [6, 6.07) is 8.40. The first-order valence-electron chi connectivity index (χ1n) is 11.2. The Morgan fingerprint density at radius 1 is 0.967 bits per heavy atom. The highest BCUT2D eigenvalue weighted by Gasteiger charge is 2.56. The smallest absolute Gasteiger partial charge is 0.200 e. The van der Waals surface area contributed by atoms with Gasteiger partial charge in [-0.05, 0) is 54.1 Å². The summed E-state index contributed by atoms with van der Waals surface area (Å²) in [7, 11) is -5.97. The number of rotatable bonds is 7. The Morgan fingerprint density at radius 3 is 2.00 bits per heavy atom. The van der Waals surface area contributed by atoms with Crippen LogP contribution in [-0.2, 0) is 19.1 Å². The van der Waals surface area contributed by atoms with E-state index < -0.39 is 23.4 Å². The molecule has 166 valence electrons. The van der Waals surface area contributed by atoms with Crippen molar-refractivity contribution in [2.24, 2.45) is 5.92 Å². The van der Waals surface area contributed by atoms with Gasteiger partial charge in [0.1, 0.15) is 5.25 Å². The average Bonchev–Trinajstić information content (AvgIpc) is 3.18. The van der Waals surface area contributed by atoms with Gasteiger partial charge in [0.15, 0.2) is 15.6 Å². The van der Waals surface area contributed by atoms with E-state index in [1.807, 2.05) is 0 Å². The largest absolute Gasteiger partial charge is 0.412 e. The van der Waals surface area contributed by atoms with Crippen LogP contribution >= 0.6 is 0 Å². The molecule has 1 saturated carbocycles. The number of fused-ring (bicyclic) bond motifs is 1. The van der Waals surface area contributed by atoms with Crippen LogP contribution in [0.4, 0.5) is 0 Å². The Bertz CT molecular complexity index is 909. The van der Waals surface area contributed by atoms with Crippen molar-refractivity contribution in [1.82, 2.24) is 0 Å². The average molecular weight is 449 g/mol. The minimum absolute atomic E-state index is 0.205. The van der Waals surface area contributed by atoms with Gasteiger partial charge in [-0.2, -0.15) is 0 Å². The van der Waals surface area contributed by atoms with Crippen molar-refractivity contribution in [1.29, 1.82) is 0 Å². The molecule has 0 aromatic heterocycles. The van der Waals surface area contributed by atoms with Crippen molar-refractivity contribution in [2.45, 2.75) is 94.2 Å². The third-order valence-corrected chi connectivity index (χ3v) is 15.6. The number of allylic oxidation sites excluding steroid dienone is 1. The first kappa shape index (κ1) is 23.4. The van der Waals surface area contributed by atoms with Gasteiger partial charge in [-0.15, -0.1) is 0 Å². The molecule has 30 heavy (non-hydrogen) atoms. The van der Waals surface area contributed by atoms with E-state index in [2.05, 4.69) is 41.5 Å². The molecule has 4 nitrogen and oxygen atoms in total. The van der Waals surface area contributed by atoms with Crippen molar-refractivity contribution < 1.29 is 17.6 Å². The second-order valence-electron chi connectivity index (χ2n) is 9.83. The quantitative estimate of drug-likeness (QED) is 0.502. The van der Waals surface area contributed by atoms with Crippen LogP contribution in [0.5, 0.6) is 0 Å². The summed E-state index contributed by atoms with van der Waals surface area (Å²) in [6.07, 6.45) is 1.35. The number of hydrogen-bond donors (Lipinski definition) is 0. The van der Waals surface area contributed by atoms with E-state index in [4.69, 9.17) is 4.43 Å². The molecule has 0 spiro atoms. The van der Waals surface area contributed by atoms with Crippen molar-refractivity contribution in [3.05, 3.63) is 41.5 Å². The lowest BCUT2D eigenvalue weighted by molar-refractivity contribution is -0.115. The normalized spacial score (nSPS) is 25.1. The molecule has 0 aliphatic heterocycles. The van der Waals surface area contributed by atoms with Gasteiger partial charge in [-0.25, -0.2) is 8.42 Å². The van der Waals surface area contributed by atoms with Crippen LogP contribution in [0, 0.1) is 5.92 Å². The molecule has 2 aliphatic rings. The first-order chi connectivity index (χ1) is 14.0. The van der Waals surface area contributed by atoms with Gasteiger partial charge in [-0.3, -0.25) is 4.79 Å². The van der Waals surface area contributed by atoms with Gasteiger partial charge in [0.05, 0.1) is 11.0 Å². The van der Waals surface area contributed by atoms with Crippen LogP contribution in [0.25, 0.3) is 0 Å². The molecule has 0 heterocycles. The Kier molecular flexibility index (Phi) is 6.53. The molecule has 0 bridgehead atoms. The van der Waals surface area contributed by atoms with Crippen LogP contribution in [0.1, 0.15) is 61.3 Å². The van der Waals surface area contributed by atoms with E-state index in [1.165, 1.54) is 0 Å². The number of hydrogen-bond acceptors (Lipinski definition) is 4. The highest BCUT2D eigenvalue weighted by molar-refractivity contribution is 7.93. The van der Waals surface area contributed by atoms with Crippen molar-refractivity contribution in [3.8, 4) is 0 Å². The third-order valence-electron chi connectivity index (χ3n) is 7.41. The topological polar surface area (TPSA) is 60.4 Å². The Morgan fingerprint density at radius 2 is 1.50 bits per heavy atom. The fraction of sp³-hybridized carbons (Fsp3) is 0.625. The molecule has 0 unspecified atom stereocenters. The fourth-order valence-corrected chi connectivity index (χ4v) is 13.7. The Labute approximate surface area is 183 Å². The summed E-state index contributed by atoms with van der Waals surface area (Å²) in [4.78, 5) is 13.4. The molecular formula is C24H36O4SSi. The molecule has 0 saturated heterocycles. The van der Waals surface area contributed by atoms with Gasteiger partial charge >= 0.3 is 0 Å². The maximum absolute atomic E-state index is 13.6. The first-order valence-corrected chi connectivity index (χ1v) is 14.9. The van der Waals surface area contributed by atoms with E-state index in [9.17, 15) is 13.2 Å². The zero-order chi connectivity index (χ0) is 22.4. The van der Waals surface area contributed by atoms with Gasteiger partial charge < -0.3 is 4.43 Å². The fourth-order valence-electron chi connectivity index (χ4n) is 6.11. The monoisotopic (exact) mass is 448 g/mol. The Balaban J connectivity index is 2.05. The standard InChI is InChI=1S/C24H36O4SSi/c1-15(2)30(16(3)4,17(5)6)28-21-14-13-20-18(7)23(25)24(22(20)21)29(26,27)19-11-9-8-10-12-19/h8-12,15-17,21-22,24H,13-14H2,1-7H3/t21-,22+,24+/m0/s1. The summed E-state index contributed by atoms with van der Waals surface area (Å²) in [5, 5.41) is -1.06. The number of Topliss-reactive ketones (excluding diaryl/α,β-unsaturated/α-hetero) is 1. The maximum Gasteiger partial charge on any atom is 0.200 e.